The van der Waals surface area contributed by atoms with E-state index in [2.05, 4.69) is 55.5 Å². The Hall–Kier alpha value is -3.30. The molecule has 2 aromatic heterocycles. The van der Waals surface area contributed by atoms with Crippen LogP contribution in [0.25, 0.3) is 21.5 Å². The summed E-state index contributed by atoms with van der Waals surface area (Å²) in [7, 11) is 0. The molecule has 1 unspecified atom stereocenters. The molecule has 3 heteroatoms. The first-order valence-electron chi connectivity index (χ1n) is 12.9. The van der Waals surface area contributed by atoms with Crippen molar-refractivity contribution in [2.75, 3.05) is 0 Å². The second-order valence-corrected chi connectivity index (χ2v) is 9.40. The van der Waals surface area contributed by atoms with E-state index in [0.717, 1.165) is 17.4 Å². The molecule has 1 aliphatic carbocycles. The number of rotatable bonds is 7. The van der Waals surface area contributed by atoms with Crippen molar-refractivity contribution < 1.29 is 13.6 Å². The summed E-state index contributed by atoms with van der Waals surface area (Å²) in [6.45, 7) is 3.26. The maximum atomic E-state index is 5.33. The molecule has 0 bridgehead atoms. The molecular weight excluding hydrogens is 432 g/mol. The fraction of sp³-hybridized carbons (Fsp3) is 0.312. The molecule has 35 heavy (non-hydrogen) atoms. The molecular formula is C32H34O3. The van der Waals surface area contributed by atoms with E-state index in [9.17, 15) is 0 Å². The van der Waals surface area contributed by atoms with Crippen LogP contribution in [0.4, 0.5) is 0 Å². The van der Waals surface area contributed by atoms with Gasteiger partial charge in [-0.05, 0) is 88.5 Å². The van der Waals surface area contributed by atoms with Crippen LogP contribution < -0.4 is 0 Å². The van der Waals surface area contributed by atoms with Gasteiger partial charge in [-0.15, -0.1) is 0 Å². The lowest BCUT2D eigenvalue weighted by Gasteiger charge is -2.27. The number of ether oxygens (including phenoxy) is 1. The molecule has 2 heterocycles. The van der Waals surface area contributed by atoms with Gasteiger partial charge in [-0.25, -0.2) is 0 Å². The molecule has 0 fully saturated rings. The van der Waals surface area contributed by atoms with Crippen molar-refractivity contribution in [1.29, 1.82) is 0 Å². The summed E-state index contributed by atoms with van der Waals surface area (Å²) >= 11 is 0. The van der Waals surface area contributed by atoms with Gasteiger partial charge in [-0.3, -0.25) is 0 Å². The van der Waals surface area contributed by atoms with E-state index >= 15 is 0 Å². The molecule has 5 aromatic rings. The minimum Gasteiger partial charge on any atom is -0.467 e. The van der Waals surface area contributed by atoms with E-state index in [1.807, 2.05) is 24.3 Å². The molecule has 0 spiro atoms. The average Bonchev–Trinajstić information content (AvgIpc) is 3.62. The minimum absolute atomic E-state index is 0.480. The Balaban J connectivity index is 0.000000166. The third-order valence-electron chi connectivity index (χ3n) is 7.05. The predicted molar refractivity (Wildman–Crippen MR) is 143 cm³/mol. The fourth-order valence-corrected chi connectivity index (χ4v) is 5.30. The Morgan fingerprint density at radius 1 is 0.771 bits per heavy atom. The molecule has 3 aromatic carbocycles. The van der Waals surface area contributed by atoms with Gasteiger partial charge in [0.25, 0.3) is 0 Å². The zero-order valence-electron chi connectivity index (χ0n) is 20.5. The minimum atomic E-state index is 0.480. The topological polar surface area (TPSA) is 35.5 Å². The Labute approximate surface area is 207 Å². The lowest BCUT2D eigenvalue weighted by atomic mass is 9.78. The van der Waals surface area contributed by atoms with Crippen molar-refractivity contribution in [3.8, 4) is 0 Å². The first-order chi connectivity index (χ1) is 17.3. The van der Waals surface area contributed by atoms with Crippen LogP contribution in [-0.4, -0.2) is 0 Å². The maximum absolute atomic E-state index is 5.33. The molecule has 6 rings (SSSR count). The van der Waals surface area contributed by atoms with Crippen molar-refractivity contribution in [2.45, 2.75) is 64.6 Å². The van der Waals surface area contributed by atoms with Crippen LogP contribution >= 0.6 is 0 Å². The van der Waals surface area contributed by atoms with E-state index < -0.39 is 0 Å². The molecule has 3 nitrogen and oxygen atoms in total. The van der Waals surface area contributed by atoms with Crippen LogP contribution in [0.5, 0.6) is 0 Å². The number of furan rings is 2. The molecule has 180 valence electrons. The Morgan fingerprint density at radius 3 is 2.23 bits per heavy atom. The van der Waals surface area contributed by atoms with Gasteiger partial charge in [-0.2, -0.15) is 0 Å². The zero-order chi connectivity index (χ0) is 23.9. The van der Waals surface area contributed by atoms with Crippen molar-refractivity contribution in [3.63, 3.8) is 0 Å². The number of benzene rings is 3. The predicted octanol–water partition coefficient (Wildman–Crippen LogP) is 9.19. The second-order valence-electron chi connectivity index (χ2n) is 9.40. The van der Waals surface area contributed by atoms with E-state index in [4.69, 9.17) is 13.6 Å². The molecule has 0 radical (unpaired) electrons. The average molecular weight is 467 g/mol. The molecule has 1 atom stereocenters. The summed E-state index contributed by atoms with van der Waals surface area (Å²) in [5.74, 6) is 2.44. The second kappa shape index (κ2) is 11.4. The van der Waals surface area contributed by atoms with Gasteiger partial charge in [0.2, 0.25) is 0 Å². The van der Waals surface area contributed by atoms with E-state index in [1.54, 1.807) is 23.7 Å². The van der Waals surface area contributed by atoms with Gasteiger partial charge < -0.3 is 13.6 Å². The summed E-state index contributed by atoms with van der Waals surface area (Å²) < 4.78 is 15.5. The third kappa shape index (κ3) is 5.52. The highest BCUT2D eigenvalue weighted by atomic mass is 16.5. The van der Waals surface area contributed by atoms with Crippen LogP contribution in [0.1, 0.15) is 67.6 Å². The number of fused-ring (bicyclic) bond motifs is 5. The SMILES string of the molecule is CCCCC1CCCc2c1ccc1c2ccc2ccccc21.c1coc(COCc2ccco2)c1. The molecule has 0 saturated heterocycles. The standard InChI is InChI=1S/C22H24.C10H10O3/c1-2-3-7-16-9-6-11-20-19(16)14-15-21-18-10-5-4-8-17(18)12-13-22(20)21;1-3-9(12-5-1)7-11-8-10-4-2-6-13-10/h4-5,8,10,12-16H,2-3,6-7,9,11H2,1H3;1-6H,7-8H2. The normalized spacial score (nSPS) is 15.1. The maximum Gasteiger partial charge on any atom is 0.129 e. The molecule has 0 saturated carbocycles. The number of hydrogen-bond acceptors (Lipinski definition) is 3. The lowest BCUT2D eigenvalue weighted by Crippen LogP contribution is -2.10. The summed E-state index contributed by atoms with van der Waals surface area (Å²) in [6.07, 6.45) is 11.3. The van der Waals surface area contributed by atoms with Crippen molar-refractivity contribution in [2.24, 2.45) is 0 Å². The van der Waals surface area contributed by atoms with E-state index in [0.29, 0.717) is 13.2 Å². The van der Waals surface area contributed by atoms with Gasteiger partial charge in [0.1, 0.15) is 24.7 Å². The highest BCUT2D eigenvalue weighted by Crippen LogP contribution is 2.40. The highest BCUT2D eigenvalue weighted by molar-refractivity contribution is 6.08. The number of unbranched alkanes of at least 4 members (excludes halogenated alkanes) is 1. The van der Waals surface area contributed by atoms with Gasteiger partial charge in [0.05, 0.1) is 12.5 Å². The van der Waals surface area contributed by atoms with E-state index in [1.165, 1.54) is 60.1 Å². The fourth-order valence-electron chi connectivity index (χ4n) is 5.30. The Kier molecular flexibility index (Phi) is 7.65. The van der Waals surface area contributed by atoms with Gasteiger partial charge >= 0.3 is 0 Å². The summed E-state index contributed by atoms with van der Waals surface area (Å²) in [5.41, 5.74) is 3.28. The Bertz CT molecular complexity index is 1300. The number of hydrogen-bond donors (Lipinski definition) is 0. The van der Waals surface area contributed by atoms with Crippen molar-refractivity contribution in [1.82, 2.24) is 0 Å². The largest absolute Gasteiger partial charge is 0.467 e. The third-order valence-corrected chi connectivity index (χ3v) is 7.05. The molecule has 0 N–H and O–H groups in total. The quantitative estimate of drug-likeness (QED) is 0.224. The lowest BCUT2D eigenvalue weighted by molar-refractivity contribution is 0.0803. The number of aryl methyl sites for hydroxylation is 1. The first kappa shape index (κ1) is 23.4. The van der Waals surface area contributed by atoms with Gasteiger partial charge in [0.15, 0.2) is 0 Å². The first-order valence-corrected chi connectivity index (χ1v) is 12.9. The summed E-state index contributed by atoms with van der Waals surface area (Å²) in [5, 5.41) is 5.69. The summed E-state index contributed by atoms with van der Waals surface area (Å²) in [6, 6.07) is 25.7. The summed E-state index contributed by atoms with van der Waals surface area (Å²) in [4.78, 5) is 0. The molecule has 0 amide bonds. The van der Waals surface area contributed by atoms with Crippen molar-refractivity contribution >= 4 is 21.5 Å². The zero-order valence-corrected chi connectivity index (χ0v) is 20.5. The van der Waals surface area contributed by atoms with Crippen LogP contribution in [0.3, 0.4) is 0 Å². The van der Waals surface area contributed by atoms with E-state index in [-0.39, 0.29) is 0 Å². The van der Waals surface area contributed by atoms with Crippen LogP contribution in [0, 0.1) is 0 Å². The van der Waals surface area contributed by atoms with Crippen LogP contribution in [-0.2, 0) is 24.4 Å². The smallest absolute Gasteiger partial charge is 0.129 e. The Morgan fingerprint density at radius 2 is 1.51 bits per heavy atom. The molecule has 0 aliphatic heterocycles. The monoisotopic (exact) mass is 466 g/mol. The van der Waals surface area contributed by atoms with Gasteiger partial charge in [-0.1, -0.05) is 68.3 Å². The van der Waals surface area contributed by atoms with Crippen LogP contribution in [0.2, 0.25) is 0 Å². The van der Waals surface area contributed by atoms with Gasteiger partial charge in [0, 0.05) is 0 Å². The molecule has 1 aliphatic rings. The van der Waals surface area contributed by atoms with Crippen molar-refractivity contribution in [3.05, 3.63) is 108 Å². The highest BCUT2D eigenvalue weighted by Gasteiger charge is 2.21. The van der Waals surface area contributed by atoms with Crippen LogP contribution in [0.15, 0.2) is 94.2 Å².